The zero-order chi connectivity index (χ0) is 45.3. The average Bonchev–Trinajstić information content (AvgIpc) is 3.54. The minimum Gasteiger partial charge on any atom is -0.341 e. The lowest BCUT2D eigenvalue weighted by Crippen LogP contribution is -2.40. The lowest BCUT2D eigenvalue weighted by atomic mass is 10.1. The molecule has 6 aromatic rings. The van der Waals surface area contributed by atoms with Crippen molar-refractivity contribution in [2.24, 2.45) is 25.9 Å². The highest BCUT2D eigenvalue weighted by Crippen LogP contribution is 2.24. The van der Waals surface area contributed by atoms with Crippen LogP contribution < -0.4 is 42.9 Å². The summed E-state index contributed by atoms with van der Waals surface area (Å²) in [5.41, 5.74) is 3.06. The van der Waals surface area contributed by atoms with Crippen LogP contribution in [0.4, 0.5) is 11.9 Å². The predicted molar refractivity (Wildman–Crippen MR) is 257 cm³/mol. The molecule has 16 nitrogen and oxygen atoms in total. The first-order valence-corrected chi connectivity index (χ1v) is 23.3. The van der Waals surface area contributed by atoms with Crippen molar-refractivity contribution in [1.29, 1.82) is 0 Å². The van der Waals surface area contributed by atoms with E-state index in [4.69, 9.17) is 9.97 Å². The number of nitrogens with zero attached hydrogens (tertiary/aromatic N) is 10. The molecular formula is C48H68N12O4. The van der Waals surface area contributed by atoms with Gasteiger partial charge in [0, 0.05) is 66.5 Å². The van der Waals surface area contributed by atoms with Crippen LogP contribution in [0.2, 0.25) is 0 Å². The summed E-state index contributed by atoms with van der Waals surface area (Å²) in [6, 6.07) is 20.2. The third-order valence-electron chi connectivity index (χ3n) is 12.4. The molecule has 8 rings (SSSR count). The summed E-state index contributed by atoms with van der Waals surface area (Å²) in [6.07, 6.45) is 5.70. The largest absolute Gasteiger partial charge is 0.341 e. The SMILES string of the molecule is CC(C)CCCCn1c(=O)c2c(nc(N3CCCNCC3)n2Cc2ccccc2)n(C)c1=O.CC(C)CCn1c(=O)c2c(nc(N3CCCNCC3)n2Cc2ccccc2)n(C)c1=O. The highest BCUT2D eigenvalue weighted by Gasteiger charge is 2.26. The van der Waals surface area contributed by atoms with E-state index >= 15 is 0 Å². The molecule has 2 N–H and O–H groups in total. The fraction of sp³-hybridized carbons (Fsp3) is 0.542. The molecule has 344 valence electrons. The van der Waals surface area contributed by atoms with Crippen LogP contribution in [0.15, 0.2) is 79.8 Å². The van der Waals surface area contributed by atoms with Crippen LogP contribution in [-0.4, -0.2) is 89.7 Å². The molecule has 0 saturated carbocycles. The van der Waals surface area contributed by atoms with E-state index in [-0.39, 0.29) is 22.5 Å². The molecule has 0 bridgehead atoms. The Morgan fingerprint density at radius 3 is 1.41 bits per heavy atom. The minimum absolute atomic E-state index is 0.236. The van der Waals surface area contributed by atoms with Crippen LogP contribution >= 0.6 is 0 Å². The van der Waals surface area contributed by atoms with Crippen molar-refractivity contribution >= 4 is 34.2 Å². The number of imidazole rings is 2. The third-order valence-corrected chi connectivity index (χ3v) is 12.4. The number of fused-ring (bicyclic) bond motifs is 2. The molecule has 4 aromatic heterocycles. The number of aromatic nitrogens is 8. The maximum absolute atomic E-state index is 13.7. The number of anilines is 2. The molecule has 0 aliphatic carbocycles. The molecule has 16 heteroatoms. The van der Waals surface area contributed by atoms with Crippen LogP contribution in [0.25, 0.3) is 22.3 Å². The molecule has 2 aliphatic rings. The third kappa shape index (κ3) is 10.4. The van der Waals surface area contributed by atoms with E-state index in [1.165, 1.54) is 13.7 Å². The number of aryl methyl sites for hydroxylation is 2. The van der Waals surface area contributed by atoms with Crippen LogP contribution in [0.3, 0.4) is 0 Å². The van der Waals surface area contributed by atoms with E-state index in [0.29, 0.717) is 60.3 Å². The maximum Gasteiger partial charge on any atom is 0.332 e. The van der Waals surface area contributed by atoms with E-state index in [9.17, 15) is 19.2 Å². The molecule has 0 unspecified atom stereocenters. The van der Waals surface area contributed by atoms with Gasteiger partial charge in [-0.05, 0) is 61.7 Å². The van der Waals surface area contributed by atoms with Crippen molar-refractivity contribution in [3.8, 4) is 0 Å². The molecule has 0 amide bonds. The molecule has 0 radical (unpaired) electrons. The van der Waals surface area contributed by atoms with Crippen molar-refractivity contribution < 1.29 is 0 Å². The highest BCUT2D eigenvalue weighted by atomic mass is 16.2. The molecule has 2 saturated heterocycles. The van der Waals surface area contributed by atoms with Crippen LogP contribution in [0.1, 0.15) is 77.3 Å². The topological polar surface area (TPSA) is 154 Å². The molecule has 64 heavy (non-hydrogen) atoms. The second kappa shape index (κ2) is 21.3. The van der Waals surface area contributed by atoms with Crippen LogP contribution in [-0.2, 0) is 40.3 Å². The van der Waals surface area contributed by atoms with Crippen LogP contribution in [0.5, 0.6) is 0 Å². The van der Waals surface area contributed by atoms with E-state index in [1.807, 2.05) is 45.5 Å². The van der Waals surface area contributed by atoms with Crippen molar-refractivity contribution in [3.63, 3.8) is 0 Å². The van der Waals surface area contributed by atoms with E-state index in [2.05, 4.69) is 72.4 Å². The van der Waals surface area contributed by atoms with Gasteiger partial charge in [-0.1, -0.05) is 101 Å². The van der Waals surface area contributed by atoms with Gasteiger partial charge in [0.1, 0.15) is 0 Å². The number of benzene rings is 2. The fourth-order valence-corrected chi connectivity index (χ4v) is 8.73. The number of nitrogens with one attached hydrogen (secondary N) is 2. The summed E-state index contributed by atoms with van der Waals surface area (Å²) in [5, 5.41) is 6.85. The van der Waals surface area contributed by atoms with Gasteiger partial charge >= 0.3 is 11.4 Å². The zero-order valence-corrected chi connectivity index (χ0v) is 38.8. The monoisotopic (exact) mass is 877 g/mol. The van der Waals surface area contributed by atoms with Gasteiger partial charge in [-0.2, -0.15) is 9.97 Å². The van der Waals surface area contributed by atoms with E-state index in [1.54, 1.807) is 18.7 Å². The van der Waals surface area contributed by atoms with Crippen LogP contribution in [0, 0.1) is 11.8 Å². The lowest BCUT2D eigenvalue weighted by Gasteiger charge is -2.22. The second-order valence-electron chi connectivity index (χ2n) is 18.2. The Hall–Kier alpha value is -5.74. The smallest absolute Gasteiger partial charge is 0.332 e. The summed E-state index contributed by atoms with van der Waals surface area (Å²) in [5.74, 6) is 2.55. The first-order chi connectivity index (χ1) is 30.9. The summed E-state index contributed by atoms with van der Waals surface area (Å²) >= 11 is 0. The lowest BCUT2D eigenvalue weighted by molar-refractivity contribution is 0.487. The Bertz CT molecular complexity index is 2710. The van der Waals surface area contributed by atoms with Gasteiger partial charge < -0.3 is 20.4 Å². The molecule has 2 aliphatic heterocycles. The predicted octanol–water partition coefficient (Wildman–Crippen LogP) is 4.36. The molecule has 2 aromatic carbocycles. The summed E-state index contributed by atoms with van der Waals surface area (Å²) in [4.78, 5) is 67.5. The van der Waals surface area contributed by atoms with Crippen molar-refractivity contribution in [3.05, 3.63) is 113 Å². The Morgan fingerprint density at radius 1 is 0.531 bits per heavy atom. The number of hydrogen-bond donors (Lipinski definition) is 2. The second-order valence-corrected chi connectivity index (χ2v) is 18.2. The average molecular weight is 877 g/mol. The normalized spacial score (nSPS) is 14.9. The van der Waals surface area contributed by atoms with Gasteiger partial charge in [-0.3, -0.25) is 37.0 Å². The van der Waals surface area contributed by atoms with E-state index in [0.717, 1.165) is 114 Å². The molecule has 2 fully saturated rings. The maximum atomic E-state index is 13.7. The zero-order valence-electron chi connectivity index (χ0n) is 38.8. The highest BCUT2D eigenvalue weighted by molar-refractivity contribution is 5.76. The number of rotatable bonds is 14. The molecule has 0 spiro atoms. The van der Waals surface area contributed by atoms with Gasteiger partial charge in [-0.25, -0.2) is 9.59 Å². The Morgan fingerprint density at radius 2 is 0.969 bits per heavy atom. The standard InChI is InChI=1S/C25H36N6O2.C23H32N6O2/c1-19(2)10-7-8-16-30-23(32)21-22(28(3)25(30)33)27-24(29-15-9-13-26-14-17-29)31(21)18-20-11-5-4-6-12-20;1-17(2)10-14-28-21(30)19-20(26(3)23(28)31)25-22(27-13-7-11-24-12-15-27)29(19)16-18-8-5-4-6-9-18/h4-6,11-12,19,26H,7-10,13-18H2,1-3H3;4-6,8-9,17,24H,7,10-16H2,1-3H3. The Labute approximate surface area is 375 Å². The summed E-state index contributed by atoms with van der Waals surface area (Å²) in [6.45, 7) is 17.5. The van der Waals surface area contributed by atoms with Crippen molar-refractivity contribution in [2.75, 3.05) is 62.2 Å². The van der Waals surface area contributed by atoms with Gasteiger partial charge in [0.25, 0.3) is 11.1 Å². The van der Waals surface area contributed by atoms with Gasteiger partial charge in [0.05, 0.1) is 13.1 Å². The molecular weight excluding hydrogens is 809 g/mol. The van der Waals surface area contributed by atoms with Crippen molar-refractivity contribution in [2.45, 2.75) is 92.4 Å². The minimum atomic E-state index is -0.299. The Kier molecular flexibility index (Phi) is 15.4. The van der Waals surface area contributed by atoms with Gasteiger partial charge in [-0.15, -0.1) is 0 Å². The quantitative estimate of drug-likeness (QED) is 0.151. The van der Waals surface area contributed by atoms with Gasteiger partial charge in [0.15, 0.2) is 22.3 Å². The number of unbranched alkanes of at least 4 members (excludes halogenated alkanes) is 1. The molecule has 6 heterocycles. The fourth-order valence-electron chi connectivity index (χ4n) is 8.73. The first-order valence-electron chi connectivity index (χ1n) is 23.3. The van der Waals surface area contributed by atoms with Crippen molar-refractivity contribution in [1.82, 2.24) is 48.0 Å². The molecule has 0 atom stereocenters. The van der Waals surface area contributed by atoms with Gasteiger partial charge in [0.2, 0.25) is 11.9 Å². The first kappa shape index (κ1) is 46.3. The van der Waals surface area contributed by atoms with E-state index < -0.39 is 0 Å². The number of hydrogen-bond acceptors (Lipinski definition) is 10. The Balaban J connectivity index is 0.000000192. The summed E-state index contributed by atoms with van der Waals surface area (Å²) < 4.78 is 9.86. The summed E-state index contributed by atoms with van der Waals surface area (Å²) in [7, 11) is 3.44.